The van der Waals surface area contributed by atoms with E-state index in [1.165, 1.54) is 16.7 Å². The molecule has 0 bridgehead atoms. The molecule has 0 aliphatic carbocycles. The number of alkyl halides is 3. The largest absolute Gasteiger partial charge is 0.478 e. The average Bonchev–Trinajstić information content (AvgIpc) is 3.46. The van der Waals surface area contributed by atoms with E-state index in [0.717, 1.165) is 11.6 Å². The number of para-hydroxylation sites is 1. The van der Waals surface area contributed by atoms with Crippen LogP contribution in [0.15, 0.2) is 42.5 Å². The number of carboxylic acids is 1. The van der Waals surface area contributed by atoms with Crippen LogP contribution in [0.1, 0.15) is 60.4 Å². The summed E-state index contributed by atoms with van der Waals surface area (Å²) in [6, 6.07) is 9.91. The predicted octanol–water partition coefficient (Wildman–Crippen LogP) is 6.60. The van der Waals surface area contributed by atoms with Crippen LogP contribution in [0.5, 0.6) is 11.5 Å². The number of rotatable bonds is 8. The number of ether oxygens (including phenoxy) is 3. The first-order chi connectivity index (χ1) is 20.9. The molecule has 4 heterocycles. The molecule has 3 aliphatic heterocycles. The zero-order chi connectivity index (χ0) is 31.2. The lowest BCUT2D eigenvalue weighted by molar-refractivity contribution is -0.141. The Hall–Kier alpha value is -3.61. The van der Waals surface area contributed by atoms with Crippen LogP contribution in [-0.2, 0) is 34.6 Å². The zero-order valence-corrected chi connectivity index (χ0v) is 24.5. The monoisotopic (exact) mass is 635 g/mol. The highest BCUT2D eigenvalue weighted by Crippen LogP contribution is 2.50. The van der Waals surface area contributed by atoms with E-state index in [1.807, 2.05) is 17.0 Å². The summed E-state index contributed by atoms with van der Waals surface area (Å²) in [5.74, 6) is -1.94. The summed E-state index contributed by atoms with van der Waals surface area (Å²) in [6.45, 7) is 3.63. The first-order valence-corrected chi connectivity index (χ1v) is 14.7. The van der Waals surface area contributed by atoms with Gasteiger partial charge in [-0.05, 0) is 68.6 Å². The van der Waals surface area contributed by atoms with Gasteiger partial charge in [0, 0.05) is 30.2 Å². The Morgan fingerprint density at radius 1 is 1.18 bits per heavy atom. The van der Waals surface area contributed by atoms with Gasteiger partial charge in [0.05, 0.1) is 30.5 Å². The number of carbonyl (C=O) groups is 1. The Labute approximate surface area is 255 Å². The van der Waals surface area contributed by atoms with E-state index in [2.05, 4.69) is 4.98 Å². The predicted molar refractivity (Wildman–Crippen MR) is 152 cm³/mol. The maximum atomic E-state index is 14.8. The minimum Gasteiger partial charge on any atom is -0.478 e. The van der Waals surface area contributed by atoms with Crippen LogP contribution >= 0.6 is 11.6 Å². The number of hydrogen-bond donors (Lipinski definition) is 1. The number of carboxylic acid groups (broad SMARTS) is 1. The van der Waals surface area contributed by atoms with Gasteiger partial charge in [-0.2, -0.15) is 13.2 Å². The molecule has 2 aromatic carbocycles. The summed E-state index contributed by atoms with van der Waals surface area (Å²) in [7, 11) is 0. The second kappa shape index (κ2) is 11.7. The van der Waals surface area contributed by atoms with Crippen LogP contribution in [0.25, 0.3) is 6.08 Å². The molecule has 44 heavy (non-hydrogen) atoms. The quantitative estimate of drug-likeness (QED) is 0.220. The molecule has 8 nitrogen and oxygen atoms in total. The lowest BCUT2D eigenvalue weighted by Crippen LogP contribution is -2.35. The number of aromatic nitrogens is 2. The molecule has 2 unspecified atom stereocenters. The van der Waals surface area contributed by atoms with E-state index in [1.54, 1.807) is 19.1 Å². The smallest absolute Gasteiger partial charge is 0.435 e. The molecule has 0 amide bonds. The minimum atomic E-state index is -4.76. The molecule has 234 valence electrons. The second-order valence-electron chi connectivity index (χ2n) is 11.3. The van der Waals surface area contributed by atoms with Crippen molar-refractivity contribution < 1.29 is 41.7 Å². The molecule has 3 aliphatic rings. The summed E-state index contributed by atoms with van der Waals surface area (Å²) in [5, 5.41) is 9.35. The van der Waals surface area contributed by atoms with Crippen molar-refractivity contribution in [1.82, 2.24) is 14.5 Å². The van der Waals surface area contributed by atoms with Crippen LogP contribution in [0.3, 0.4) is 0 Å². The van der Waals surface area contributed by atoms with Gasteiger partial charge < -0.3 is 23.9 Å². The molecule has 2 atom stereocenters. The lowest BCUT2D eigenvalue weighted by Gasteiger charge is -2.33. The van der Waals surface area contributed by atoms with Gasteiger partial charge in [0.2, 0.25) is 0 Å². The van der Waals surface area contributed by atoms with Gasteiger partial charge in [-0.3, -0.25) is 4.90 Å². The number of likely N-dealkylation sites (tertiary alicyclic amines) is 1. The molecule has 0 spiro atoms. The second-order valence-corrected chi connectivity index (χ2v) is 11.8. The van der Waals surface area contributed by atoms with Crippen LogP contribution in [0, 0.1) is 5.82 Å². The SMILES string of the molecule is CC1(c2ccc(Cl)cc2F)Oc2cccc(C3CCN(Cc4nc(C(F)(F)F)c(/C=C/C(=O)O)n4CC4CCO4)CC3)c2O1. The highest BCUT2D eigenvalue weighted by molar-refractivity contribution is 6.30. The Kier molecular flexibility index (Phi) is 8.10. The van der Waals surface area contributed by atoms with Crippen LogP contribution in [0.2, 0.25) is 5.02 Å². The molecule has 3 aromatic rings. The summed E-state index contributed by atoms with van der Waals surface area (Å²) < 4.78 is 76.0. The number of hydrogen-bond acceptors (Lipinski definition) is 6. The van der Waals surface area contributed by atoms with Crippen molar-refractivity contribution in [2.24, 2.45) is 0 Å². The van der Waals surface area contributed by atoms with E-state index in [0.29, 0.717) is 56.5 Å². The standard InChI is InChI=1S/C31H30ClF4N3O5/c1-30(22-6-5-19(32)15-23(22)33)43-25-4-2-3-21(28(25)44-30)18-9-12-38(13-10-18)17-26-37-29(31(34,35)36)24(7-8-27(40)41)39(26)16-20-11-14-42-20/h2-8,15,18,20H,9-14,16-17H2,1H3,(H,40,41)/b8-7+. The number of nitrogens with zero attached hydrogens (tertiary/aromatic N) is 3. The van der Waals surface area contributed by atoms with Crippen LogP contribution in [0.4, 0.5) is 17.6 Å². The van der Waals surface area contributed by atoms with Gasteiger partial charge in [-0.25, -0.2) is 14.2 Å². The topological polar surface area (TPSA) is 86.1 Å². The van der Waals surface area contributed by atoms with Crippen molar-refractivity contribution in [2.75, 3.05) is 19.7 Å². The Morgan fingerprint density at radius 2 is 1.93 bits per heavy atom. The van der Waals surface area contributed by atoms with Crippen LogP contribution in [-0.4, -0.2) is 51.3 Å². The molecule has 0 radical (unpaired) electrons. The van der Waals surface area contributed by atoms with Crippen molar-refractivity contribution >= 4 is 23.6 Å². The number of benzene rings is 2. The Morgan fingerprint density at radius 3 is 2.57 bits per heavy atom. The fourth-order valence-electron chi connectivity index (χ4n) is 6.04. The maximum absolute atomic E-state index is 14.8. The van der Waals surface area contributed by atoms with Crippen molar-refractivity contribution in [2.45, 2.75) is 63.3 Å². The summed E-state index contributed by atoms with van der Waals surface area (Å²) in [4.78, 5) is 17.1. The number of piperidine rings is 1. The first-order valence-electron chi connectivity index (χ1n) is 14.3. The summed E-state index contributed by atoms with van der Waals surface area (Å²) in [5.41, 5.74) is -0.268. The number of halogens is 5. The number of imidazole rings is 1. The van der Waals surface area contributed by atoms with Crippen molar-refractivity contribution in [1.29, 1.82) is 0 Å². The fourth-order valence-corrected chi connectivity index (χ4v) is 6.20. The zero-order valence-electron chi connectivity index (χ0n) is 23.7. The number of aliphatic carboxylic acids is 1. The van der Waals surface area contributed by atoms with E-state index >= 15 is 0 Å². The fraction of sp³-hybridized carbons (Fsp3) is 0.419. The molecule has 2 fully saturated rings. The van der Waals surface area contributed by atoms with Gasteiger partial charge >= 0.3 is 12.1 Å². The number of fused-ring (bicyclic) bond motifs is 1. The lowest BCUT2D eigenvalue weighted by atomic mass is 9.88. The molecule has 0 saturated carbocycles. The molecular weight excluding hydrogens is 606 g/mol. The highest BCUT2D eigenvalue weighted by atomic mass is 35.5. The van der Waals surface area contributed by atoms with Crippen molar-refractivity contribution in [3.05, 3.63) is 81.7 Å². The van der Waals surface area contributed by atoms with Gasteiger partial charge in [0.1, 0.15) is 11.6 Å². The molecule has 13 heteroatoms. The third-order valence-corrected chi connectivity index (χ3v) is 8.58. The van der Waals surface area contributed by atoms with Crippen LogP contribution < -0.4 is 9.47 Å². The Balaban J connectivity index is 1.20. The highest BCUT2D eigenvalue weighted by Gasteiger charge is 2.43. The van der Waals surface area contributed by atoms with Gasteiger partial charge in [0.15, 0.2) is 17.2 Å². The van der Waals surface area contributed by atoms with Gasteiger partial charge in [-0.15, -0.1) is 0 Å². The van der Waals surface area contributed by atoms with E-state index < -0.39 is 29.4 Å². The Bertz CT molecular complexity index is 1600. The molecule has 6 rings (SSSR count). The van der Waals surface area contributed by atoms with Gasteiger partial charge in [-0.1, -0.05) is 23.7 Å². The van der Waals surface area contributed by atoms with Crippen molar-refractivity contribution in [3.8, 4) is 11.5 Å². The van der Waals surface area contributed by atoms with Crippen molar-refractivity contribution in [3.63, 3.8) is 0 Å². The normalized spacial score (nSPS) is 22.5. The third-order valence-electron chi connectivity index (χ3n) is 8.34. The van der Waals surface area contributed by atoms with Gasteiger partial charge in [0.25, 0.3) is 5.79 Å². The molecule has 1 aromatic heterocycles. The van der Waals surface area contributed by atoms with E-state index in [9.17, 15) is 22.4 Å². The summed E-state index contributed by atoms with van der Waals surface area (Å²) in [6.07, 6.45) is -1.30. The van der Waals surface area contributed by atoms with E-state index in [-0.39, 0.29) is 47.2 Å². The maximum Gasteiger partial charge on any atom is 0.435 e. The van der Waals surface area contributed by atoms with E-state index in [4.69, 9.17) is 30.9 Å². The first kappa shape index (κ1) is 30.4. The third kappa shape index (κ3) is 6.02. The average molecular weight is 636 g/mol. The minimum absolute atomic E-state index is 0.0742. The molecule has 1 N–H and O–H groups in total. The summed E-state index contributed by atoms with van der Waals surface area (Å²) >= 11 is 5.93. The molecular formula is C31H30ClF4N3O5. The molecule has 2 saturated heterocycles.